The topological polar surface area (TPSA) is 51.1 Å². The van der Waals surface area contributed by atoms with E-state index in [1.165, 1.54) is 36.2 Å². The Bertz CT molecular complexity index is 1280. The maximum Gasteiger partial charge on any atom is 0.308 e. The van der Waals surface area contributed by atoms with Crippen LogP contribution in [0.3, 0.4) is 0 Å². The van der Waals surface area contributed by atoms with Gasteiger partial charge in [0.25, 0.3) is 0 Å². The standard InChI is InChI=1S/C26H25BrN2O2S2/c1-14-4-2-3-5-19(14)28-20(30)13-29-25-24(33-26(29)31)21(15-8-10-18(27)11-9-15)22-16-6-7-17(12-16)23(22)32-25/h2-5,8-11,16-17,21-23H,6-7,12-13H2,1H3,(H,28,30)/t16-,17-,21-,22-,23+/m0/s1. The molecule has 3 aliphatic rings. The Morgan fingerprint density at radius 3 is 2.67 bits per heavy atom. The van der Waals surface area contributed by atoms with Crippen molar-refractivity contribution in [3.63, 3.8) is 0 Å². The summed E-state index contributed by atoms with van der Waals surface area (Å²) in [5.74, 6) is 2.13. The summed E-state index contributed by atoms with van der Waals surface area (Å²) in [5.41, 5.74) is 3.10. The number of aryl methyl sites for hydroxylation is 1. The van der Waals surface area contributed by atoms with Crippen LogP contribution in [0.4, 0.5) is 5.69 Å². The van der Waals surface area contributed by atoms with Crippen molar-refractivity contribution in [2.45, 2.75) is 48.9 Å². The molecule has 5 atom stereocenters. The van der Waals surface area contributed by atoms with E-state index >= 15 is 0 Å². The van der Waals surface area contributed by atoms with E-state index in [2.05, 4.69) is 45.5 Å². The van der Waals surface area contributed by atoms with Crippen molar-refractivity contribution < 1.29 is 4.79 Å². The molecule has 6 rings (SSSR count). The summed E-state index contributed by atoms with van der Waals surface area (Å²) in [6, 6.07) is 16.4. The third kappa shape index (κ3) is 3.72. The molecule has 1 amide bonds. The highest BCUT2D eigenvalue weighted by Gasteiger charge is 2.55. The summed E-state index contributed by atoms with van der Waals surface area (Å²) in [6.45, 7) is 2.03. The number of hydrogen-bond acceptors (Lipinski definition) is 4. The lowest BCUT2D eigenvalue weighted by Gasteiger charge is -2.40. The van der Waals surface area contributed by atoms with Gasteiger partial charge in [0.2, 0.25) is 5.91 Å². The van der Waals surface area contributed by atoms with Crippen LogP contribution in [0.2, 0.25) is 0 Å². The van der Waals surface area contributed by atoms with Gasteiger partial charge in [0.15, 0.2) is 0 Å². The number of anilines is 1. The number of thioether (sulfide) groups is 1. The first-order valence-electron chi connectivity index (χ1n) is 11.5. The second-order valence-electron chi connectivity index (χ2n) is 9.51. The molecule has 33 heavy (non-hydrogen) atoms. The predicted molar refractivity (Wildman–Crippen MR) is 138 cm³/mol. The quantitative estimate of drug-likeness (QED) is 0.424. The molecule has 7 heteroatoms. The lowest BCUT2D eigenvalue weighted by Crippen LogP contribution is -2.34. The summed E-state index contributed by atoms with van der Waals surface area (Å²) >= 11 is 6.79. The number of amides is 1. The van der Waals surface area contributed by atoms with Crippen LogP contribution < -0.4 is 10.2 Å². The highest BCUT2D eigenvalue weighted by Crippen LogP contribution is 2.64. The number of hydrogen-bond donors (Lipinski definition) is 1. The third-order valence-corrected chi connectivity index (χ3v) is 11.0. The predicted octanol–water partition coefficient (Wildman–Crippen LogP) is 6.27. The molecule has 0 radical (unpaired) electrons. The van der Waals surface area contributed by atoms with Crippen molar-refractivity contribution in [2.75, 3.05) is 5.32 Å². The second kappa shape index (κ2) is 8.43. The van der Waals surface area contributed by atoms with Crippen molar-refractivity contribution in [1.82, 2.24) is 4.57 Å². The SMILES string of the molecule is Cc1ccccc1NC(=O)Cn1c2c(sc1=O)[C@@H](c1ccc(Br)cc1)[C@@H]1[C@H]3CC[C@@H](C3)[C@H]1S2. The van der Waals surface area contributed by atoms with Crippen LogP contribution in [-0.2, 0) is 11.3 Å². The first-order chi connectivity index (χ1) is 16.0. The minimum Gasteiger partial charge on any atom is -0.324 e. The minimum absolute atomic E-state index is 0.0261. The molecule has 1 aliphatic heterocycles. The molecule has 1 aromatic heterocycles. The molecular formula is C26H25BrN2O2S2. The largest absolute Gasteiger partial charge is 0.324 e. The molecule has 4 nitrogen and oxygen atoms in total. The van der Waals surface area contributed by atoms with Gasteiger partial charge in [0, 0.05) is 26.2 Å². The first kappa shape index (κ1) is 21.7. The Morgan fingerprint density at radius 1 is 1.12 bits per heavy atom. The Labute approximate surface area is 209 Å². The average molecular weight is 542 g/mol. The normalized spacial score (nSPS) is 27.3. The summed E-state index contributed by atoms with van der Waals surface area (Å²) in [4.78, 5) is 27.2. The number of thiazole rings is 1. The van der Waals surface area contributed by atoms with Crippen LogP contribution >= 0.6 is 39.0 Å². The molecule has 170 valence electrons. The molecule has 2 aliphatic carbocycles. The van der Waals surface area contributed by atoms with Gasteiger partial charge >= 0.3 is 4.87 Å². The number of para-hydroxylation sites is 1. The Morgan fingerprint density at radius 2 is 1.88 bits per heavy atom. The number of carbonyl (C=O) groups is 1. The molecule has 0 spiro atoms. The monoisotopic (exact) mass is 540 g/mol. The lowest BCUT2D eigenvalue weighted by atomic mass is 9.75. The van der Waals surface area contributed by atoms with Crippen LogP contribution in [0.25, 0.3) is 0 Å². The number of nitrogens with one attached hydrogen (secondary N) is 1. The summed E-state index contributed by atoms with van der Waals surface area (Å²) < 4.78 is 2.80. The van der Waals surface area contributed by atoms with Gasteiger partial charge in [-0.15, -0.1) is 11.8 Å². The molecule has 1 N–H and O–H groups in total. The second-order valence-corrected chi connectivity index (χ2v) is 12.6. The molecule has 2 bridgehead atoms. The zero-order valence-corrected chi connectivity index (χ0v) is 21.5. The highest BCUT2D eigenvalue weighted by molar-refractivity contribution is 9.10. The van der Waals surface area contributed by atoms with E-state index in [9.17, 15) is 9.59 Å². The van der Waals surface area contributed by atoms with Gasteiger partial charge in [-0.1, -0.05) is 57.6 Å². The maximum atomic E-state index is 13.2. The van der Waals surface area contributed by atoms with Crippen molar-refractivity contribution in [1.29, 1.82) is 0 Å². The molecule has 2 saturated carbocycles. The van der Waals surface area contributed by atoms with Crippen LogP contribution in [0.15, 0.2) is 62.8 Å². The van der Waals surface area contributed by atoms with Crippen molar-refractivity contribution in [2.24, 2.45) is 17.8 Å². The smallest absolute Gasteiger partial charge is 0.308 e. The van der Waals surface area contributed by atoms with Gasteiger partial charge in [0.05, 0.1) is 5.03 Å². The molecular weight excluding hydrogens is 516 g/mol. The zero-order valence-electron chi connectivity index (χ0n) is 18.3. The van der Waals surface area contributed by atoms with E-state index in [4.69, 9.17) is 0 Å². The minimum atomic E-state index is -0.150. The van der Waals surface area contributed by atoms with Gasteiger partial charge in [0.1, 0.15) is 6.54 Å². The Hall–Kier alpha value is -1.83. The Balaban J connectivity index is 1.37. The maximum absolute atomic E-state index is 13.2. The third-order valence-electron chi connectivity index (χ3n) is 7.64. The van der Waals surface area contributed by atoms with Crippen molar-refractivity contribution in [3.8, 4) is 0 Å². The van der Waals surface area contributed by atoms with Crippen molar-refractivity contribution >= 4 is 50.6 Å². The van der Waals surface area contributed by atoms with E-state index in [0.29, 0.717) is 11.2 Å². The molecule has 2 heterocycles. The Kier molecular flexibility index (Phi) is 5.54. The van der Waals surface area contributed by atoms with E-state index in [1.54, 1.807) is 4.57 Å². The molecule has 3 aromatic rings. The first-order valence-corrected chi connectivity index (χ1v) is 14.0. The summed E-state index contributed by atoms with van der Waals surface area (Å²) in [7, 11) is 0. The number of aromatic nitrogens is 1. The number of rotatable bonds is 4. The molecule has 2 fully saturated rings. The fourth-order valence-electron chi connectivity index (χ4n) is 6.18. The van der Waals surface area contributed by atoms with Crippen LogP contribution in [0, 0.1) is 24.7 Å². The van der Waals surface area contributed by atoms with Crippen molar-refractivity contribution in [3.05, 3.63) is 78.7 Å². The van der Waals surface area contributed by atoms with Crippen LogP contribution in [-0.4, -0.2) is 15.7 Å². The summed E-state index contributed by atoms with van der Waals surface area (Å²) in [5, 5.41) is 4.55. The van der Waals surface area contributed by atoms with Gasteiger partial charge in [-0.05, 0) is 73.3 Å². The molecule has 0 saturated heterocycles. The number of halogens is 1. The molecule has 0 unspecified atom stereocenters. The fourth-order valence-corrected chi connectivity index (χ4v) is 9.59. The number of fused-ring (bicyclic) bond motifs is 6. The van der Waals surface area contributed by atoms with Gasteiger partial charge in [-0.2, -0.15) is 0 Å². The van der Waals surface area contributed by atoms with Gasteiger partial charge < -0.3 is 5.32 Å². The number of nitrogens with zero attached hydrogens (tertiary/aromatic N) is 1. The summed E-state index contributed by atoms with van der Waals surface area (Å²) in [6.07, 6.45) is 3.91. The van der Waals surface area contributed by atoms with E-state index in [1.807, 2.05) is 43.0 Å². The lowest BCUT2D eigenvalue weighted by molar-refractivity contribution is -0.116. The number of carbonyl (C=O) groups excluding carboxylic acids is 1. The zero-order chi connectivity index (χ0) is 22.7. The van der Waals surface area contributed by atoms with Crippen LogP contribution in [0.1, 0.15) is 41.2 Å². The average Bonchev–Trinajstić information content (AvgIpc) is 3.49. The van der Waals surface area contributed by atoms with E-state index in [0.717, 1.165) is 37.5 Å². The molecule has 2 aromatic carbocycles. The number of benzene rings is 2. The van der Waals surface area contributed by atoms with E-state index in [-0.39, 0.29) is 23.2 Å². The van der Waals surface area contributed by atoms with Gasteiger partial charge in [-0.25, -0.2) is 0 Å². The highest BCUT2D eigenvalue weighted by atomic mass is 79.9. The van der Waals surface area contributed by atoms with E-state index < -0.39 is 0 Å². The van der Waals surface area contributed by atoms with Crippen LogP contribution in [0.5, 0.6) is 0 Å². The van der Waals surface area contributed by atoms with Gasteiger partial charge in [-0.3, -0.25) is 14.2 Å². The fraction of sp³-hybridized carbons (Fsp3) is 0.385.